The van der Waals surface area contributed by atoms with Crippen LogP contribution in [-0.4, -0.2) is 62.6 Å². The number of aliphatic hydroxyl groups is 2. The van der Waals surface area contributed by atoms with Gasteiger partial charge in [-0.2, -0.15) is 0 Å². The molecule has 0 radical (unpaired) electrons. The molecule has 0 aromatic heterocycles. The Labute approximate surface area is 97.3 Å². The summed E-state index contributed by atoms with van der Waals surface area (Å²) >= 11 is 0. The number of rotatable bonds is 12. The quantitative estimate of drug-likeness (QED) is 0.473. The van der Waals surface area contributed by atoms with Crippen molar-refractivity contribution >= 4 is 0 Å². The van der Waals surface area contributed by atoms with Crippen molar-refractivity contribution in [3.05, 3.63) is 0 Å². The molecule has 5 heteroatoms. The summed E-state index contributed by atoms with van der Waals surface area (Å²) in [5, 5.41) is 17.4. The van der Waals surface area contributed by atoms with Crippen molar-refractivity contribution in [2.75, 3.05) is 46.2 Å². The fraction of sp³-hybridized carbons (Fsp3) is 1.00. The average molecular weight is 236 g/mol. The zero-order valence-electron chi connectivity index (χ0n) is 10.1. The highest BCUT2D eigenvalue weighted by Crippen LogP contribution is 1.88. The SMILES string of the molecule is CCCCOCCOCCOCC(O)CO. The van der Waals surface area contributed by atoms with Crippen molar-refractivity contribution in [2.45, 2.75) is 25.9 Å². The second-order valence-corrected chi connectivity index (χ2v) is 3.49. The van der Waals surface area contributed by atoms with Gasteiger partial charge in [-0.25, -0.2) is 0 Å². The Morgan fingerprint density at radius 2 is 1.50 bits per heavy atom. The number of ether oxygens (including phenoxy) is 3. The van der Waals surface area contributed by atoms with Crippen LogP contribution in [0.15, 0.2) is 0 Å². The molecular weight excluding hydrogens is 212 g/mol. The van der Waals surface area contributed by atoms with Gasteiger partial charge >= 0.3 is 0 Å². The van der Waals surface area contributed by atoms with Crippen molar-refractivity contribution in [1.29, 1.82) is 0 Å². The predicted octanol–water partition coefficient (Wildman–Crippen LogP) is 0.189. The van der Waals surface area contributed by atoms with Crippen molar-refractivity contribution in [3.8, 4) is 0 Å². The van der Waals surface area contributed by atoms with Crippen molar-refractivity contribution in [3.63, 3.8) is 0 Å². The van der Waals surface area contributed by atoms with Crippen LogP contribution in [0.5, 0.6) is 0 Å². The first-order valence-corrected chi connectivity index (χ1v) is 5.83. The molecule has 0 saturated heterocycles. The van der Waals surface area contributed by atoms with Gasteiger partial charge in [0.05, 0.1) is 39.6 Å². The molecule has 0 aliphatic heterocycles. The highest BCUT2D eigenvalue weighted by atomic mass is 16.5. The summed E-state index contributed by atoms with van der Waals surface area (Å²) in [5.74, 6) is 0. The van der Waals surface area contributed by atoms with Crippen LogP contribution in [0, 0.1) is 0 Å². The molecule has 0 bridgehead atoms. The van der Waals surface area contributed by atoms with Crippen LogP contribution < -0.4 is 0 Å². The zero-order chi connectivity index (χ0) is 12.1. The van der Waals surface area contributed by atoms with E-state index in [1.54, 1.807) is 0 Å². The van der Waals surface area contributed by atoms with E-state index in [2.05, 4.69) is 6.92 Å². The maximum atomic E-state index is 8.95. The van der Waals surface area contributed by atoms with E-state index in [1.165, 1.54) is 0 Å². The predicted molar refractivity (Wildman–Crippen MR) is 60.5 cm³/mol. The molecule has 0 aliphatic carbocycles. The number of unbranched alkanes of at least 4 members (excludes halogenated alkanes) is 1. The molecule has 0 spiro atoms. The number of hydrogen-bond acceptors (Lipinski definition) is 5. The maximum Gasteiger partial charge on any atom is 0.100 e. The van der Waals surface area contributed by atoms with E-state index < -0.39 is 6.10 Å². The fourth-order valence-corrected chi connectivity index (χ4v) is 0.958. The summed E-state index contributed by atoms with van der Waals surface area (Å²) in [4.78, 5) is 0. The Morgan fingerprint density at radius 3 is 2.06 bits per heavy atom. The fourth-order valence-electron chi connectivity index (χ4n) is 0.958. The number of aliphatic hydroxyl groups excluding tert-OH is 2. The Morgan fingerprint density at radius 1 is 0.938 bits per heavy atom. The van der Waals surface area contributed by atoms with E-state index in [4.69, 9.17) is 24.4 Å². The molecule has 0 aliphatic rings. The Kier molecular flexibility index (Phi) is 12.7. The summed E-state index contributed by atoms with van der Waals surface area (Å²) in [6.45, 7) is 4.87. The lowest BCUT2D eigenvalue weighted by Gasteiger charge is -2.08. The lowest BCUT2D eigenvalue weighted by molar-refractivity contribution is -0.0229. The van der Waals surface area contributed by atoms with Crippen LogP contribution in [0.25, 0.3) is 0 Å². The highest BCUT2D eigenvalue weighted by molar-refractivity contribution is 4.48. The maximum absolute atomic E-state index is 8.95. The average Bonchev–Trinajstić information content (AvgIpc) is 2.31. The van der Waals surface area contributed by atoms with Crippen LogP contribution in [-0.2, 0) is 14.2 Å². The van der Waals surface area contributed by atoms with Gasteiger partial charge in [0.1, 0.15) is 6.10 Å². The van der Waals surface area contributed by atoms with E-state index in [0.29, 0.717) is 26.4 Å². The van der Waals surface area contributed by atoms with Crippen LogP contribution in [0.4, 0.5) is 0 Å². The molecule has 2 N–H and O–H groups in total. The minimum Gasteiger partial charge on any atom is -0.394 e. The second-order valence-electron chi connectivity index (χ2n) is 3.49. The van der Waals surface area contributed by atoms with Gasteiger partial charge in [-0.1, -0.05) is 13.3 Å². The first kappa shape index (κ1) is 15.8. The van der Waals surface area contributed by atoms with Gasteiger partial charge < -0.3 is 24.4 Å². The Bertz CT molecular complexity index is 132. The molecule has 98 valence electrons. The largest absolute Gasteiger partial charge is 0.394 e. The molecular formula is C11H24O5. The molecule has 0 amide bonds. The standard InChI is InChI=1S/C11H24O5/c1-2-3-4-14-5-6-15-7-8-16-10-11(13)9-12/h11-13H,2-10H2,1H3. The minimum atomic E-state index is -0.794. The summed E-state index contributed by atoms with van der Waals surface area (Å²) in [5.41, 5.74) is 0. The van der Waals surface area contributed by atoms with Gasteiger partial charge in [0.25, 0.3) is 0 Å². The lowest BCUT2D eigenvalue weighted by Crippen LogP contribution is -2.21. The molecule has 1 atom stereocenters. The van der Waals surface area contributed by atoms with Crippen LogP contribution in [0.2, 0.25) is 0 Å². The third-order valence-electron chi connectivity index (χ3n) is 1.91. The van der Waals surface area contributed by atoms with Gasteiger partial charge in [-0.15, -0.1) is 0 Å². The third-order valence-corrected chi connectivity index (χ3v) is 1.91. The molecule has 0 aromatic rings. The van der Waals surface area contributed by atoms with E-state index in [-0.39, 0.29) is 13.2 Å². The normalized spacial score (nSPS) is 12.9. The lowest BCUT2D eigenvalue weighted by atomic mass is 10.4. The van der Waals surface area contributed by atoms with Crippen LogP contribution in [0.3, 0.4) is 0 Å². The Hall–Kier alpha value is -0.200. The van der Waals surface area contributed by atoms with E-state index in [1.807, 2.05) is 0 Å². The smallest absolute Gasteiger partial charge is 0.100 e. The molecule has 1 unspecified atom stereocenters. The Balaban J connectivity index is 2.93. The molecule has 0 aromatic carbocycles. The first-order valence-electron chi connectivity index (χ1n) is 5.83. The van der Waals surface area contributed by atoms with Gasteiger partial charge in [0, 0.05) is 6.61 Å². The van der Waals surface area contributed by atoms with Gasteiger partial charge in [0.2, 0.25) is 0 Å². The van der Waals surface area contributed by atoms with Gasteiger partial charge in [-0.3, -0.25) is 0 Å². The molecule has 0 fully saturated rings. The summed E-state index contributed by atoms with van der Waals surface area (Å²) in [6, 6.07) is 0. The third kappa shape index (κ3) is 11.9. The van der Waals surface area contributed by atoms with Crippen LogP contribution in [0.1, 0.15) is 19.8 Å². The monoisotopic (exact) mass is 236 g/mol. The van der Waals surface area contributed by atoms with Crippen molar-refractivity contribution in [2.24, 2.45) is 0 Å². The first-order chi connectivity index (χ1) is 7.81. The molecule has 0 rings (SSSR count). The highest BCUT2D eigenvalue weighted by Gasteiger charge is 2.00. The van der Waals surface area contributed by atoms with Crippen molar-refractivity contribution in [1.82, 2.24) is 0 Å². The van der Waals surface area contributed by atoms with E-state index in [0.717, 1.165) is 19.4 Å². The topological polar surface area (TPSA) is 68.2 Å². The van der Waals surface area contributed by atoms with Gasteiger partial charge in [0.15, 0.2) is 0 Å². The molecule has 0 heterocycles. The summed E-state index contributed by atoms with van der Waals surface area (Å²) < 4.78 is 15.6. The zero-order valence-corrected chi connectivity index (χ0v) is 10.1. The molecule has 0 saturated carbocycles. The second kappa shape index (κ2) is 12.9. The van der Waals surface area contributed by atoms with Crippen molar-refractivity contribution < 1.29 is 24.4 Å². The van der Waals surface area contributed by atoms with E-state index >= 15 is 0 Å². The van der Waals surface area contributed by atoms with Gasteiger partial charge in [-0.05, 0) is 6.42 Å². The molecule has 16 heavy (non-hydrogen) atoms. The minimum absolute atomic E-state index is 0.146. The summed E-state index contributed by atoms with van der Waals surface area (Å²) in [6.07, 6.45) is 1.43. The molecule has 5 nitrogen and oxygen atoms in total. The van der Waals surface area contributed by atoms with Crippen LogP contribution >= 0.6 is 0 Å². The summed E-state index contributed by atoms with van der Waals surface area (Å²) in [7, 11) is 0. The van der Waals surface area contributed by atoms with E-state index in [9.17, 15) is 0 Å². The number of hydrogen-bond donors (Lipinski definition) is 2.